The SMILES string of the molecule is COOc1ccccc1C1(C)CO1. The highest BCUT2D eigenvalue weighted by Gasteiger charge is 2.43. The van der Waals surface area contributed by atoms with Crippen molar-refractivity contribution in [2.24, 2.45) is 0 Å². The van der Waals surface area contributed by atoms with E-state index >= 15 is 0 Å². The lowest BCUT2D eigenvalue weighted by Gasteiger charge is -2.10. The smallest absolute Gasteiger partial charge is 0.171 e. The first-order valence-electron chi connectivity index (χ1n) is 4.20. The number of rotatable bonds is 3. The number of ether oxygens (including phenoxy) is 1. The van der Waals surface area contributed by atoms with Crippen LogP contribution >= 0.6 is 0 Å². The molecule has 1 unspecified atom stereocenters. The summed E-state index contributed by atoms with van der Waals surface area (Å²) in [5, 5.41) is 0. The molecule has 1 saturated heterocycles. The van der Waals surface area contributed by atoms with E-state index in [1.807, 2.05) is 31.2 Å². The predicted octanol–water partition coefficient (Wildman–Crippen LogP) is 1.87. The molecule has 1 heterocycles. The molecule has 0 saturated carbocycles. The lowest BCUT2D eigenvalue weighted by atomic mass is 10.0. The van der Waals surface area contributed by atoms with Crippen LogP contribution in [0, 0.1) is 0 Å². The minimum Gasteiger partial charge on any atom is -0.365 e. The lowest BCUT2D eigenvalue weighted by Crippen LogP contribution is -2.05. The zero-order chi connectivity index (χ0) is 9.31. The molecular weight excluding hydrogens is 168 g/mol. The maximum atomic E-state index is 5.33. The lowest BCUT2D eigenvalue weighted by molar-refractivity contribution is -0.179. The van der Waals surface area contributed by atoms with Crippen molar-refractivity contribution in [3.8, 4) is 5.75 Å². The van der Waals surface area contributed by atoms with Crippen molar-refractivity contribution in [3.63, 3.8) is 0 Å². The van der Waals surface area contributed by atoms with Crippen LogP contribution in [-0.4, -0.2) is 13.7 Å². The van der Waals surface area contributed by atoms with E-state index in [-0.39, 0.29) is 5.60 Å². The Morgan fingerprint density at radius 3 is 2.69 bits per heavy atom. The van der Waals surface area contributed by atoms with E-state index < -0.39 is 0 Å². The van der Waals surface area contributed by atoms with Gasteiger partial charge in [0.1, 0.15) is 5.60 Å². The van der Waals surface area contributed by atoms with Crippen LogP contribution in [0.3, 0.4) is 0 Å². The zero-order valence-electron chi connectivity index (χ0n) is 7.74. The summed E-state index contributed by atoms with van der Waals surface area (Å²) in [6.45, 7) is 2.78. The van der Waals surface area contributed by atoms with Gasteiger partial charge in [0, 0.05) is 5.56 Å². The third kappa shape index (κ3) is 1.53. The highest BCUT2D eigenvalue weighted by atomic mass is 17.2. The van der Waals surface area contributed by atoms with Crippen LogP contribution in [0.5, 0.6) is 5.75 Å². The average molecular weight is 180 g/mol. The second kappa shape index (κ2) is 3.01. The largest absolute Gasteiger partial charge is 0.365 e. The Bertz CT molecular complexity index is 305. The van der Waals surface area contributed by atoms with Crippen LogP contribution in [-0.2, 0) is 15.2 Å². The van der Waals surface area contributed by atoms with E-state index in [0.29, 0.717) is 0 Å². The van der Waals surface area contributed by atoms with Gasteiger partial charge in [-0.05, 0) is 13.0 Å². The molecule has 13 heavy (non-hydrogen) atoms. The van der Waals surface area contributed by atoms with Crippen molar-refractivity contribution in [2.45, 2.75) is 12.5 Å². The second-order valence-electron chi connectivity index (χ2n) is 3.27. The first-order chi connectivity index (χ1) is 6.26. The number of para-hydroxylation sites is 1. The standard InChI is InChI=1S/C10H12O3/c1-10(7-12-10)8-5-3-4-6-9(8)13-11-2/h3-6H,7H2,1-2H3. The summed E-state index contributed by atoms with van der Waals surface area (Å²) in [6.07, 6.45) is 0. The van der Waals surface area contributed by atoms with Gasteiger partial charge in [-0.1, -0.05) is 18.2 Å². The topological polar surface area (TPSA) is 31.0 Å². The molecule has 1 atom stereocenters. The molecule has 3 nitrogen and oxygen atoms in total. The maximum Gasteiger partial charge on any atom is 0.171 e. The monoisotopic (exact) mass is 180 g/mol. The van der Waals surface area contributed by atoms with E-state index in [1.165, 1.54) is 7.11 Å². The highest BCUT2D eigenvalue weighted by Crippen LogP contribution is 2.42. The third-order valence-electron chi connectivity index (χ3n) is 2.21. The molecule has 0 aromatic heterocycles. The van der Waals surface area contributed by atoms with Crippen LogP contribution in [0.15, 0.2) is 24.3 Å². The van der Waals surface area contributed by atoms with Gasteiger partial charge in [-0.15, -0.1) is 0 Å². The molecule has 0 amide bonds. The number of hydrogen-bond acceptors (Lipinski definition) is 3. The molecule has 1 aliphatic rings. The van der Waals surface area contributed by atoms with Crippen LogP contribution in [0.1, 0.15) is 12.5 Å². The van der Waals surface area contributed by atoms with Crippen molar-refractivity contribution in [1.82, 2.24) is 0 Å². The maximum absolute atomic E-state index is 5.33. The second-order valence-corrected chi connectivity index (χ2v) is 3.27. The first-order valence-corrected chi connectivity index (χ1v) is 4.20. The van der Waals surface area contributed by atoms with Crippen LogP contribution in [0.4, 0.5) is 0 Å². The summed E-state index contributed by atoms with van der Waals surface area (Å²) >= 11 is 0. The Hall–Kier alpha value is -1.06. The van der Waals surface area contributed by atoms with Crippen LogP contribution in [0.25, 0.3) is 0 Å². The van der Waals surface area contributed by atoms with Crippen LogP contribution in [0.2, 0.25) is 0 Å². The number of epoxide rings is 1. The van der Waals surface area contributed by atoms with Gasteiger partial charge in [-0.25, -0.2) is 0 Å². The number of hydrogen-bond donors (Lipinski definition) is 0. The van der Waals surface area contributed by atoms with Gasteiger partial charge < -0.3 is 9.62 Å². The zero-order valence-corrected chi connectivity index (χ0v) is 7.74. The van der Waals surface area contributed by atoms with E-state index in [1.54, 1.807) is 0 Å². The third-order valence-corrected chi connectivity index (χ3v) is 2.21. The van der Waals surface area contributed by atoms with E-state index in [2.05, 4.69) is 4.89 Å². The summed E-state index contributed by atoms with van der Waals surface area (Å²) in [6, 6.07) is 7.72. The molecule has 1 fully saturated rings. The molecule has 70 valence electrons. The Kier molecular flexibility index (Phi) is 1.98. The molecule has 0 spiro atoms. The summed E-state index contributed by atoms with van der Waals surface area (Å²) in [5.74, 6) is 0.727. The molecule has 1 aliphatic heterocycles. The first kappa shape index (κ1) is 8.53. The average Bonchev–Trinajstić information content (AvgIpc) is 2.86. The number of benzene rings is 1. The highest BCUT2D eigenvalue weighted by molar-refractivity contribution is 5.39. The fourth-order valence-electron chi connectivity index (χ4n) is 1.33. The van der Waals surface area contributed by atoms with Crippen LogP contribution < -0.4 is 4.89 Å². The van der Waals surface area contributed by atoms with E-state index in [0.717, 1.165) is 17.9 Å². The minimum atomic E-state index is -0.172. The Morgan fingerprint density at radius 1 is 1.38 bits per heavy atom. The molecule has 0 aliphatic carbocycles. The fraction of sp³-hybridized carbons (Fsp3) is 0.400. The van der Waals surface area contributed by atoms with Gasteiger partial charge in [0.25, 0.3) is 0 Å². The Balaban J connectivity index is 2.32. The molecule has 0 N–H and O–H groups in total. The molecule has 0 bridgehead atoms. The van der Waals surface area contributed by atoms with Gasteiger partial charge in [0.2, 0.25) is 0 Å². The van der Waals surface area contributed by atoms with E-state index in [9.17, 15) is 0 Å². The van der Waals surface area contributed by atoms with Crippen molar-refractivity contribution < 1.29 is 14.5 Å². The predicted molar refractivity (Wildman–Crippen MR) is 47.4 cm³/mol. The summed E-state index contributed by atoms with van der Waals surface area (Å²) < 4.78 is 5.33. The fourth-order valence-corrected chi connectivity index (χ4v) is 1.33. The van der Waals surface area contributed by atoms with Gasteiger partial charge in [0.15, 0.2) is 5.75 Å². The molecule has 2 rings (SSSR count). The summed E-state index contributed by atoms with van der Waals surface area (Å²) in [4.78, 5) is 9.66. The quantitative estimate of drug-likeness (QED) is 0.404. The molecule has 1 aromatic rings. The van der Waals surface area contributed by atoms with Crippen molar-refractivity contribution in [2.75, 3.05) is 13.7 Å². The Morgan fingerprint density at radius 2 is 2.08 bits per heavy atom. The van der Waals surface area contributed by atoms with Gasteiger partial charge in [-0.2, -0.15) is 4.89 Å². The summed E-state index contributed by atoms with van der Waals surface area (Å²) in [5.41, 5.74) is 0.867. The molecule has 1 aromatic carbocycles. The van der Waals surface area contributed by atoms with Gasteiger partial charge >= 0.3 is 0 Å². The minimum absolute atomic E-state index is 0.172. The molecule has 0 radical (unpaired) electrons. The van der Waals surface area contributed by atoms with Crippen molar-refractivity contribution >= 4 is 0 Å². The molecular formula is C10H12O3. The van der Waals surface area contributed by atoms with Gasteiger partial charge in [0.05, 0.1) is 13.7 Å². The normalized spacial score (nSPS) is 25.7. The van der Waals surface area contributed by atoms with Crippen molar-refractivity contribution in [3.05, 3.63) is 29.8 Å². The van der Waals surface area contributed by atoms with Crippen molar-refractivity contribution in [1.29, 1.82) is 0 Å². The van der Waals surface area contributed by atoms with Gasteiger partial charge in [-0.3, -0.25) is 0 Å². The van der Waals surface area contributed by atoms with E-state index in [4.69, 9.17) is 9.62 Å². The Labute approximate surface area is 77.2 Å². The summed E-state index contributed by atoms with van der Waals surface area (Å²) in [7, 11) is 1.49. The molecule has 3 heteroatoms.